The summed E-state index contributed by atoms with van der Waals surface area (Å²) in [6.45, 7) is 1.16. The summed E-state index contributed by atoms with van der Waals surface area (Å²) in [5.41, 5.74) is -1.06. The molecule has 2 heterocycles. The predicted molar refractivity (Wildman–Crippen MR) is 113 cm³/mol. The minimum absolute atomic E-state index is 0.000285. The highest BCUT2D eigenvalue weighted by atomic mass is 32.2. The molecular formula is C22H26F4N2O5S. The van der Waals surface area contributed by atoms with E-state index in [-0.39, 0.29) is 29.8 Å². The van der Waals surface area contributed by atoms with Crippen molar-refractivity contribution in [1.82, 2.24) is 10.1 Å². The van der Waals surface area contributed by atoms with E-state index in [4.69, 9.17) is 14.0 Å². The van der Waals surface area contributed by atoms with Crippen LogP contribution in [0.4, 0.5) is 17.6 Å². The van der Waals surface area contributed by atoms with Crippen LogP contribution in [0, 0.1) is 11.6 Å². The summed E-state index contributed by atoms with van der Waals surface area (Å²) in [5.74, 6) is -5.51. The van der Waals surface area contributed by atoms with Crippen molar-refractivity contribution in [3.05, 3.63) is 35.2 Å². The lowest BCUT2D eigenvalue weighted by Crippen LogP contribution is -2.47. The molecule has 0 bridgehead atoms. The first kappa shape index (κ1) is 25.1. The Bertz CT molecular complexity index is 1110. The highest BCUT2D eigenvalue weighted by molar-refractivity contribution is 7.89. The van der Waals surface area contributed by atoms with Crippen LogP contribution in [0.5, 0.6) is 0 Å². The number of ether oxygens (including phenoxy) is 2. The monoisotopic (exact) mass is 506 g/mol. The van der Waals surface area contributed by atoms with E-state index in [0.29, 0.717) is 32.1 Å². The molecule has 2 aliphatic rings. The van der Waals surface area contributed by atoms with Crippen molar-refractivity contribution in [2.75, 3.05) is 12.9 Å². The fourth-order valence-corrected chi connectivity index (χ4v) is 5.26. The van der Waals surface area contributed by atoms with Gasteiger partial charge in [-0.25, -0.2) is 26.0 Å². The Labute approximate surface area is 194 Å². The Balaban J connectivity index is 1.37. The van der Waals surface area contributed by atoms with Gasteiger partial charge in [0.25, 0.3) is 11.8 Å². The minimum atomic E-state index is -3.62. The van der Waals surface area contributed by atoms with Gasteiger partial charge in [0, 0.05) is 23.8 Å². The van der Waals surface area contributed by atoms with E-state index in [0.717, 1.165) is 18.4 Å². The van der Waals surface area contributed by atoms with E-state index in [2.05, 4.69) is 10.1 Å². The van der Waals surface area contributed by atoms with E-state index in [9.17, 15) is 26.0 Å². The molecular weight excluding hydrogens is 480 g/mol. The Kier molecular flexibility index (Phi) is 6.78. The van der Waals surface area contributed by atoms with Crippen molar-refractivity contribution in [3.8, 4) is 11.4 Å². The number of sulfone groups is 1. The van der Waals surface area contributed by atoms with Crippen molar-refractivity contribution in [2.24, 2.45) is 0 Å². The lowest BCUT2D eigenvalue weighted by molar-refractivity contribution is -0.206. The second kappa shape index (κ2) is 9.19. The summed E-state index contributed by atoms with van der Waals surface area (Å²) in [5, 5.41) is 3.76. The predicted octanol–water partition coefficient (Wildman–Crippen LogP) is 4.76. The zero-order chi connectivity index (χ0) is 24.7. The molecule has 2 aromatic rings. The first-order valence-electron chi connectivity index (χ1n) is 11.0. The molecule has 4 rings (SSSR count). The maximum absolute atomic E-state index is 14.3. The van der Waals surface area contributed by atoms with Crippen molar-refractivity contribution in [2.45, 2.75) is 74.9 Å². The molecule has 7 nitrogen and oxygen atoms in total. The van der Waals surface area contributed by atoms with Crippen LogP contribution in [0.15, 0.2) is 16.7 Å². The second-order valence-corrected chi connectivity index (χ2v) is 11.4. The zero-order valence-corrected chi connectivity index (χ0v) is 19.6. The van der Waals surface area contributed by atoms with Crippen LogP contribution in [0.25, 0.3) is 11.4 Å². The smallest absolute Gasteiger partial charge is 0.271 e. The molecule has 0 N–H and O–H groups in total. The van der Waals surface area contributed by atoms with Gasteiger partial charge in [0.05, 0.1) is 17.5 Å². The van der Waals surface area contributed by atoms with Crippen LogP contribution in [0.1, 0.15) is 63.0 Å². The SMILES string of the molecule is C[C@@H](OC1CCC2(CC1)CCC(F)(F)CO2)c1nc(-c2cc(F)c(CS(C)(=O)=O)c(F)c2)no1. The molecule has 0 amide bonds. The largest absolute Gasteiger partial charge is 0.369 e. The van der Waals surface area contributed by atoms with E-state index in [1.807, 2.05) is 0 Å². The molecule has 0 unspecified atom stereocenters. The average Bonchev–Trinajstić information content (AvgIpc) is 3.25. The number of alkyl halides is 2. The summed E-state index contributed by atoms with van der Waals surface area (Å²) >= 11 is 0. The van der Waals surface area contributed by atoms with Crippen LogP contribution in [0.2, 0.25) is 0 Å². The van der Waals surface area contributed by atoms with Gasteiger partial charge in [-0.15, -0.1) is 0 Å². The number of rotatable bonds is 6. The maximum atomic E-state index is 14.3. The summed E-state index contributed by atoms with van der Waals surface area (Å²) in [6.07, 6.45) is 2.80. The minimum Gasteiger partial charge on any atom is -0.369 e. The number of benzene rings is 1. The third kappa shape index (κ3) is 5.77. The summed E-state index contributed by atoms with van der Waals surface area (Å²) in [7, 11) is -3.62. The van der Waals surface area contributed by atoms with E-state index in [1.165, 1.54) is 0 Å². The van der Waals surface area contributed by atoms with E-state index in [1.54, 1.807) is 6.92 Å². The van der Waals surface area contributed by atoms with Gasteiger partial charge in [-0.3, -0.25) is 0 Å². The molecule has 12 heteroatoms. The second-order valence-electron chi connectivity index (χ2n) is 9.25. The highest BCUT2D eigenvalue weighted by Crippen LogP contribution is 2.43. The fourth-order valence-electron chi connectivity index (χ4n) is 4.46. The van der Waals surface area contributed by atoms with Crippen LogP contribution >= 0.6 is 0 Å². The van der Waals surface area contributed by atoms with Crippen molar-refractivity contribution in [3.63, 3.8) is 0 Å². The summed E-state index contributed by atoms with van der Waals surface area (Å²) in [6, 6.07) is 1.91. The van der Waals surface area contributed by atoms with Crippen molar-refractivity contribution in [1.29, 1.82) is 0 Å². The van der Waals surface area contributed by atoms with Gasteiger partial charge in [-0.2, -0.15) is 4.98 Å². The van der Waals surface area contributed by atoms with Gasteiger partial charge >= 0.3 is 0 Å². The van der Waals surface area contributed by atoms with Crippen molar-refractivity contribution < 1.29 is 40.0 Å². The standard InChI is InChI=1S/C22H26F4N2O5S/c1-13(32-15-3-5-21(6-4-15)7-8-22(25,26)12-31-21)20-27-19(28-33-20)14-9-17(23)16(18(24)10-14)11-34(2,29)30/h9-10,13,15H,3-8,11-12H2,1-2H3/t13-,15?,21?/m1/s1. The first-order chi connectivity index (χ1) is 15.8. The molecule has 1 aliphatic heterocycles. The number of hydrogen-bond donors (Lipinski definition) is 0. The fraction of sp³-hybridized carbons (Fsp3) is 0.636. The zero-order valence-electron chi connectivity index (χ0n) is 18.8. The Morgan fingerprint density at radius 3 is 2.35 bits per heavy atom. The third-order valence-corrected chi connectivity index (χ3v) is 7.18. The van der Waals surface area contributed by atoms with Gasteiger partial charge in [-0.05, 0) is 51.2 Å². The highest BCUT2D eigenvalue weighted by Gasteiger charge is 2.46. The van der Waals surface area contributed by atoms with Gasteiger partial charge in [0.15, 0.2) is 9.84 Å². The lowest BCUT2D eigenvalue weighted by Gasteiger charge is -2.44. The Hall–Kier alpha value is -2.05. The number of nitrogens with zero attached hydrogens (tertiary/aromatic N) is 2. The quantitative estimate of drug-likeness (QED) is 0.522. The molecule has 1 atom stereocenters. The normalized spacial score (nSPS) is 26.0. The van der Waals surface area contributed by atoms with Gasteiger partial charge < -0.3 is 14.0 Å². The number of aromatic nitrogens is 2. The molecule has 34 heavy (non-hydrogen) atoms. The van der Waals surface area contributed by atoms with Crippen molar-refractivity contribution >= 4 is 9.84 Å². The van der Waals surface area contributed by atoms with Gasteiger partial charge in [0.1, 0.15) is 24.3 Å². The van der Waals surface area contributed by atoms with Crippen LogP contribution in [-0.4, -0.2) is 49.0 Å². The van der Waals surface area contributed by atoms with E-state index >= 15 is 0 Å². The van der Waals surface area contributed by atoms with Gasteiger partial charge in [-0.1, -0.05) is 5.16 Å². The lowest BCUT2D eigenvalue weighted by atomic mass is 9.78. The molecule has 1 aromatic carbocycles. The van der Waals surface area contributed by atoms with Crippen LogP contribution in [0.3, 0.4) is 0 Å². The summed E-state index contributed by atoms with van der Waals surface area (Å²) in [4.78, 5) is 4.17. The van der Waals surface area contributed by atoms with Crippen LogP contribution in [-0.2, 0) is 25.1 Å². The maximum Gasteiger partial charge on any atom is 0.271 e. The topological polar surface area (TPSA) is 91.5 Å². The Morgan fingerprint density at radius 1 is 1.15 bits per heavy atom. The van der Waals surface area contributed by atoms with Gasteiger partial charge in [0.2, 0.25) is 5.82 Å². The number of halogens is 4. The van der Waals surface area contributed by atoms with Crippen LogP contribution < -0.4 is 0 Å². The molecule has 2 fully saturated rings. The average molecular weight is 507 g/mol. The molecule has 1 saturated carbocycles. The molecule has 1 spiro atoms. The first-order valence-corrected chi connectivity index (χ1v) is 13.1. The molecule has 188 valence electrons. The molecule has 0 radical (unpaired) electrons. The molecule has 1 aromatic heterocycles. The molecule has 1 aliphatic carbocycles. The Morgan fingerprint density at radius 2 is 1.79 bits per heavy atom. The van der Waals surface area contributed by atoms with E-state index < -0.39 is 57.0 Å². The third-order valence-electron chi connectivity index (χ3n) is 6.37. The molecule has 1 saturated heterocycles. The summed E-state index contributed by atoms with van der Waals surface area (Å²) < 4.78 is 95.0. The number of hydrogen-bond acceptors (Lipinski definition) is 7.